The number of sulfonamides is 1. The van der Waals surface area contributed by atoms with Gasteiger partial charge in [-0.2, -0.15) is 0 Å². The maximum Gasteiger partial charge on any atom is 0.294 e. The number of nitro benzene ring substituents is 1. The van der Waals surface area contributed by atoms with E-state index >= 15 is 0 Å². The molecule has 0 bridgehead atoms. The fraction of sp³-hybridized carbons (Fsp3) is 0. The normalized spacial score (nSPS) is 11.0. The third-order valence-corrected chi connectivity index (χ3v) is 4.49. The number of hydrogen-bond acceptors (Lipinski definition) is 7. The SMILES string of the molecule is NS(=O)(=O)c1ccc(Nc2ccc(Nc3ccccc3)nc2)c([N+](=O)[O-])c1. The van der Waals surface area contributed by atoms with Crippen molar-refractivity contribution in [3.8, 4) is 0 Å². The van der Waals surface area contributed by atoms with E-state index in [0.717, 1.165) is 11.8 Å². The lowest BCUT2D eigenvalue weighted by atomic mass is 10.2. The number of nitrogens with one attached hydrogen (secondary N) is 2. The molecule has 138 valence electrons. The number of benzene rings is 2. The molecule has 4 N–H and O–H groups in total. The van der Waals surface area contributed by atoms with Crippen LogP contribution in [0.2, 0.25) is 0 Å². The number of primary sulfonamides is 1. The molecule has 0 aliphatic heterocycles. The van der Waals surface area contributed by atoms with Gasteiger partial charge in [0.1, 0.15) is 11.5 Å². The van der Waals surface area contributed by atoms with Crippen molar-refractivity contribution in [2.45, 2.75) is 4.90 Å². The van der Waals surface area contributed by atoms with Crippen molar-refractivity contribution in [2.75, 3.05) is 10.6 Å². The first-order chi connectivity index (χ1) is 12.8. The van der Waals surface area contributed by atoms with E-state index in [1.54, 1.807) is 12.1 Å². The van der Waals surface area contributed by atoms with Gasteiger partial charge in [-0.25, -0.2) is 18.5 Å². The number of anilines is 4. The van der Waals surface area contributed by atoms with E-state index in [1.165, 1.54) is 18.3 Å². The summed E-state index contributed by atoms with van der Waals surface area (Å²) in [6.45, 7) is 0. The van der Waals surface area contributed by atoms with Gasteiger partial charge in [-0.3, -0.25) is 10.1 Å². The van der Waals surface area contributed by atoms with Crippen molar-refractivity contribution in [1.29, 1.82) is 0 Å². The molecule has 3 rings (SSSR count). The number of para-hydroxylation sites is 1. The highest BCUT2D eigenvalue weighted by molar-refractivity contribution is 7.89. The number of nitrogens with zero attached hydrogens (tertiary/aromatic N) is 2. The molecule has 1 aromatic heterocycles. The molecule has 27 heavy (non-hydrogen) atoms. The molecule has 0 unspecified atom stereocenters. The zero-order chi connectivity index (χ0) is 19.4. The highest BCUT2D eigenvalue weighted by Gasteiger charge is 2.19. The molecule has 0 aliphatic rings. The number of rotatable bonds is 6. The molecule has 0 radical (unpaired) electrons. The van der Waals surface area contributed by atoms with Gasteiger partial charge in [0.2, 0.25) is 10.0 Å². The maximum absolute atomic E-state index is 11.4. The second-order valence-electron chi connectivity index (χ2n) is 5.53. The first kappa shape index (κ1) is 18.3. The van der Waals surface area contributed by atoms with Crippen LogP contribution in [0.3, 0.4) is 0 Å². The smallest absolute Gasteiger partial charge is 0.294 e. The lowest BCUT2D eigenvalue weighted by Gasteiger charge is -2.09. The second-order valence-corrected chi connectivity index (χ2v) is 7.09. The highest BCUT2D eigenvalue weighted by atomic mass is 32.2. The highest BCUT2D eigenvalue weighted by Crippen LogP contribution is 2.30. The van der Waals surface area contributed by atoms with Gasteiger partial charge < -0.3 is 10.6 Å². The molecule has 9 nitrogen and oxygen atoms in total. The Kier molecular flexibility index (Phi) is 5.01. The minimum Gasteiger partial charge on any atom is -0.349 e. The average molecular weight is 385 g/mol. The van der Waals surface area contributed by atoms with Gasteiger partial charge in [-0.1, -0.05) is 18.2 Å². The summed E-state index contributed by atoms with van der Waals surface area (Å²) >= 11 is 0. The molecule has 1 heterocycles. The zero-order valence-electron chi connectivity index (χ0n) is 13.9. The molecule has 0 atom stereocenters. The molecule has 0 aliphatic carbocycles. The standard InChI is InChI=1S/C17H15N5O4S/c18-27(25,26)14-7-8-15(16(10-14)22(23)24)20-13-6-9-17(19-11-13)21-12-4-2-1-3-5-12/h1-11,20H,(H,19,21)(H2,18,25,26). The summed E-state index contributed by atoms with van der Waals surface area (Å²) in [5.74, 6) is 0.603. The lowest BCUT2D eigenvalue weighted by molar-refractivity contribution is -0.384. The predicted octanol–water partition coefficient (Wildman–Crippen LogP) is 3.12. The fourth-order valence-electron chi connectivity index (χ4n) is 2.31. The summed E-state index contributed by atoms with van der Waals surface area (Å²) in [6, 6.07) is 16.3. The number of pyridine rings is 1. The number of aromatic nitrogens is 1. The fourth-order valence-corrected chi connectivity index (χ4v) is 2.85. The van der Waals surface area contributed by atoms with E-state index in [2.05, 4.69) is 15.6 Å². The van der Waals surface area contributed by atoms with E-state index in [1.807, 2.05) is 30.3 Å². The molecule has 0 saturated heterocycles. The molecule has 0 spiro atoms. The van der Waals surface area contributed by atoms with Crippen LogP contribution in [0.15, 0.2) is 71.8 Å². The molecule has 0 fully saturated rings. The van der Waals surface area contributed by atoms with Gasteiger partial charge in [-0.05, 0) is 36.4 Å². The van der Waals surface area contributed by atoms with E-state index in [4.69, 9.17) is 5.14 Å². The van der Waals surface area contributed by atoms with E-state index in [9.17, 15) is 18.5 Å². The van der Waals surface area contributed by atoms with Gasteiger partial charge >= 0.3 is 0 Å². The topological polar surface area (TPSA) is 140 Å². The quantitative estimate of drug-likeness (QED) is 0.437. The Labute approximate surface area is 155 Å². The molecule has 0 amide bonds. The Morgan fingerprint density at radius 2 is 1.70 bits per heavy atom. The van der Waals surface area contributed by atoms with E-state index in [-0.39, 0.29) is 10.6 Å². The monoisotopic (exact) mass is 385 g/mol. The van der Waals surface area contributed by atoms with Crippen LogP contribution >= 0.6 is 0 Å². The van der Waals surface area contributed by atoms with Crippen molar-refractivity contribution >= 4 is 38.6 Å². The van der Waals surface area contributed by atoms with Gasteiger partial charge in [-0.15, -0.1) is 0 Å². The maximum atomic E-state index is 11.4. The largest absolute Gasteiger partial charge is 0.349 e. The Balaban J connectivity index is 1.81. The van der Waals surface area contributed by atoms with Crippen molar-refractivity contribution in [3.05, 3.63) is 77.0 Å². The van der Waals surface area contributed by atoms with Crippen molar-refractivity contribution < 1.29 is 13.3 Å². The van der Waals surface area contributed by atoms with Crippen LogP contribution in [-0.4, -0.2) is 18.3 Å². The van der Waals surface area contributed by atoms with Crippen LogP contribution in [0.5, 0.6) is 0 Å². The van der Waals surface area contributed by atoms with Crippen molar-refractivity contribution in [1.82, 2.24) is 4.98 Å². The van der Waals surface area contributed by atoms with Crippen LogP contribution in [0, 0.1) is 10.1 Å². The summed E-state index contributed by atoms with van der Waals surface area (Å²) in [5, 5.41) is 22.3. The van der Waals surface area contributed by atoms with Gasteiger partial charge in [0.05, 0.1) is 21.7 Å². The second kappa shape index (κ2) is 7.40. The summed E-state index contributed by atoms with van der Waals surface area (Å²) in [6.07, 6.45) is 1.50. The van der Waals surface area contributed by atoms with Crippen LogP contribution in [0.25, 0.3) is 0 Å². The van der Waals surface area contributed by atoms with Crippen LogP contribution < -0.4 is 15.8 Å². The Morgan fingerprint density at radius 3 is 2.30 bits per heavy atom. The zero-order valence-corrected chi connectivity index (χ0v) is 14.7. The van der Waals surface area contributed by atoms with Gasteiger partial charge in [0, 0.05) is 11.8 Å². The molecular weight excluding hydrogens is 370 g/mol. The Bertz CT molecular complexity index is 1070. The Hall–Kier alpha value is -3.50. The molecule has 0 saturated carbocycles. The average Bonchev–Trinajstić information content (AvgIpc) is 2.63. The predicted molar refractivity (Wildman–Crippen MR) is 102 cm³/mol. The minimum atomic E-state index is -4.04. The molecule has 2 aromatic carbocycles. The van der Waals surface area contributed by atoms with Crippen molar-refractivity contribution in [2.24, 2.45) is 5.14 Å². The molecule has 10 heteroatoms. The lowest BCUT2D eigenvalue weighted by Crippen LogP contribution is -2.12. The molecular formula is C17H15N5O4S. The minimum absolute atomic E-state index is 0.123. The number of nitrogens with two attached hydrogens (primary N) is 1. The summed E-state index contributed by atoms with van der Waals surface area (Å²) in [7, 11) is -4.04. The van der Waals surface area contributed by atoms with Gasteiger partial charge in [0.25, 0.3) is 5.69 Å². The number of hydrogen-bond donors (Lipinski definition) is 3. The van der Waals surface area contributed by atoms with Crippen LogP contribution in [0.1, 0.15) is 0 Å². The van der Waals surface area contributed by atoms with Crippen LogP contribution in [0.4, 0.5) is 28.6 Å². The Morgan fingerprint density at radius 1 is 0.963 bits per heavy atom. The number of nitro groups is 1. The van der Waals surface area contributed by atoms with Gasteiger partial charge in [0.15, 0.2) is 0 Å². The van der Waals surface area contributed by atoms with Crippen molar-refractivity contribution in [3.63, 3.8) is 0 Å². The van der Waals surface area contributed by atoms with E-state index < -0.39 is 20.6 Å². The third-order valence-electron chi connectivity index (χ3n) is 3.58. The summed E-state index contributed by atoms with van der Waals surface area (Å²) in [4.78, 5) is 14.5. The summed E-state index contributed by atoms with van der Waals surface area (Å²) in [5.41, 5.74) is 1.09. The summed E-state index contributed by atoms with van der Waals surface area (Å²) < 4.78 is 22.8. The first-order valence-electron chi connectivity index (χ1n) is 7.69. The van der Waals surface area contributed by atoms with E-state index in [0.29, 0.717) is 11.5 Å². The third kappa shape index (κ3) is 4.57. The van der Waals surface area contributed by atoms with Crippen LogP contribution in [-0.2, 0) is 10.0 Å². The molecule has 3 aromatic rings. The first-order valence-corrected chi connectivity index (χ1v) is 9.24.